The van der Waals surface area contributed by atoms with Crippen LogP contribution in [0.1, 0.15) is 36.5 Å². The summed E-state index contributed by atoms with van der Waals surface area (Å²) in [6, 6.07) is 14.0. The number of likely N-dealkylation sites (N-methyl/N-ethyl adjacent to an activating group) is 1. The number of anilines is 1. The lowest BCUT2D eigenvalue weighted by Crippen LogP contribution is -2.45. The Labute approximate surface area is 179 Å². The van der Waals surface area contributed by atoms with Gasteiger partial charge in [0.2, 0.25) is 5.91 Å². The van der Waals surface area contributed by atoms with Crippen molar-refractivity contribution in [3.63, 3.8) is 0 Å². The molecule has 1 amide bonds. The van der Waals surface area contributed by atoms with E-state index in [1.54, 1.807) is 12.1 Å². The Kier molecular flexibility index (Phi) is 6.68. The molecule has 5 heteroatoms. The van der Waals surface area contributed by atoms with Crippen LogP contribution in [0, 0.1) is 5.82 Å². The van der Waals surface area contributed by atoms with Crippen LogP contribution in [0.3, 0.4) is 0 Å². The van der Waals surface area contributed by atoms with Crippen molar-refractivity contribution in [2.24, 2.45) is 0 Å². The molecule has 2 aromatic carbocycles. The number of fused-ring (bicyclic) bond motifs is 1. The first kappa shape index (κ1) is 20.9. The lowest BCUT2D eigenvalue weighted by Gasteiger charge is -2.38. The van der Waals surface area contributed by atoms with Crippen molar-refractivity contribution in [1.29, 1.82) is 0 Å². The number of carbonyl (C=O) groups excluding carboxylic acids is 1. The molecule has 0 radical (unpaired) electrons. The van der Waals surface area contributed by atoms with E-state index in [1.807, 2.05) is 19.1 Å². The second-order valence-electron chi connectivity index (χ2n) is 8.49. The van der Waals surface area contributed by atoms with Crippen LogP contribution < -0.4 is 10.2 Å². The lowest BCUT2D eigenvalue weighted by atomic mass is 10.0. The Hall–Kier alpha value is -2.40. The summed E-state index contributed by atoms with van der Waals surface area (Å²) in [7, 11) is 0. The van der Waals surface area contributed by atoms with Gasteiger partial charge in [0.25, 0.3) is 0 Å². The molecule has 0 aromatic heterocycles. The van der Waals surface area contributed by atoms with E-state index in [2.05, 4.69) is 33.3 Å². The van der Waals surface area contributed by atoms with Gasteiger partial charge in [-0.3, -0.25) is 4.79 Å². The minimum Gasteiger partial charge on any atom is -0.368 e. The number of nitrogens with one attached hydrogen (secondary N) is 1. The molecule has 4 nitrogen and oxygen atoms in total. The molecule has 0 unspecified atom stereocenters. The maximum Gasteiger partial charge on any atom is 0.224 e. The van der Waals surface area contributed by atoms with Crippen molar-refractivity contribution < 1.29 is 9.18 Å². The van der Waals surface area contributed by atoms with E-state index in [-0.39, 0.29) is 11.7 Å². The number of carbonyl (C=O) groups is 1. The molecule has 0 atom stereocenters. The molecule has 2 aliphatic heterocycles. The standard InChI is InChI=1S/C25H32FN3O/c1-2-27-25(30)18-20-3-6-21-10-16-29(24(21)17-20)23-11-14-28(15-12-23)13-9-19-4-7-22(26)8-5-19/h3-8,17,23H,2,9-16,18H2,1H3,(H,27,30). The Morgan fingerprint density at radius 3 is 2.53 bits per heavy atom. The Balaban J connectivity index is 1.31. The van der Waals surface area contributed by atoms with Crippen LogP contribution in [-0.2, 0) is 24.1 Å². The zero-order valence-corrected chi connectivity index (χ0v) is 17.9. The van der Waals surface area contributed by atoms with Crippen LogP contribution in [0.2, 0.25) is 0 Å². The Morgan fingerprint density at radius 2 is 1.80 bits per heavy atom. The van der Waals surface area contributed by atoms with Gasteiger partial charge in [-0.25, -0.2) is 4.39 Å². The first-order valence-corrected chi connectivity index (χ1v) is 11.2. The summed E-state index contributed by atoms with van der Waals surface area (Å²) in [5.41, 5.74) is 5.05. The highest BCUT2D eigenvalue weighted by Gasteiger charge is 2.29. The molecular formula is C25H32FN3O. The van der Waals surface area contributed by atoms with E-state index in [4.69, 9.17) is 0 Å². The van der Waals surface area contributed by atoms with Gasteiger partial charge in [-0.2, -0.15) is 0 Å². The summed E-state index contributed by atoms with van der Waals surface area (Å²) in [6.07, 6.45) is 4.87. The van der Waals surface area contributed by atoms with Crippen molar-refractivity contribution in [2.75, 3.05) is 37.6 Å². The van der Waals surface area contributed by atoms with Crippen LogP contribution in [-0.4, -0.2) is 49.6 Å². The second-order valence-corrected chi connectivity index (χ2v) is 8.49. The Morgan fingerprint density at radius 1 is 1.07 bits per heavy atom. The predicted octanol–water partition coefficient (Wildman–Crippen LogP) is 3.57. The topological polar surface area (TPSA) is 35.6 Å². The fraction of sp³-hybridized carbons (Fsp3) is 0.480. The molecule has 2 aliphatic rings. The number of hydrogen-bond donors (Lipinski definition) is 1. The molecule has 1 fully saturated rings. The fourth-order valence-electron chi connectivity index (χ4n) is 4.78. The van der Waals surface area contributed by atoms with Gasteiger partial charge in [-0.15, -0.1) is 0 Å². The van der Waals surface area contributed by atoms with Crippen molar-refractivity contribution in [3.8, 4) is 0 Å². The number of benzene rings is 2. The molecule has 30 heavy (non-hydrogen) atoms. The van der Waals surface area contributed by atoms with Crippen LogP contribution >= 0.6 is 0 Å². The van der Waals surface area contributed by atoms with E-state index < -0.39 is 0 Å². The maximum absolute atomic E-state index is 13.1. The monoisotopic (exact) mass is 409 g/mol. The molecule has 2 aromatic rings. The van der Waals surface area contributed by atoms with Gasteiger partial charge in [0, 0.05) is 44.5 Å². The largest absolute Gasteiger partial charge is 0.368 e. The highest BCUT2D eigenvalue weighted by atomic mass is 19.1. The highest BCUT2D eigenvalue weighted by Crippen LogP contribution is 2.33. The molecule has 160 valence electrons. The van der Waals surface area contributed by atoms with Crippen LogP contribution in [0.5, 0.6) is 0 Å². The number of nitrogens with zero attached hydrogens (tertiary/aromatic N) is 2. The minimum absolute atomic E-state index is 0.0939. The summed E-state index contributed by atoms with van der Waals surface area (Å²) in [5.74, 6) is -0.0731. The third kappa shape index (κ3) is 5.01. The maximum atomic E-state index is 13.1. The van der Waals surface area contributed by atoms with Crippen LogP contribution in [0.15, 0.2) is 42.5 Å². The van der Waals surface area contributed by atoms with Gasteiger partial charge in [0.1, 0.15) is 5.82 Å². The van der Waals surface area contributed by atoms with E-state index >= 15 is 0 Å². The summed E-state index contributed by atoms with van der Waals surface area (Å²) in [6.45, 7) is 6.96. The van der Waals surface area contributed by atoms with Gasteiger partial charge in [-0.05, 0) is 67.5 Å². The summed E-state index contributed by atoms with van der Waals surface area (Å²) in [4.78, 5) is 17.1. The summed E-state index contributed by atoms with van der Waals surface area (Å²) >= 11 is 0. The SMILES string of the molecule is CCNC(=O)Cc1ccc2c(c1)N(C1CCN(CCc3ccc(F)cc3)CC1)CC2. The van der Waals surface area contributed by atoms with Gasteiger partial charge >= 0.3 is 0 Å². The van der Waals surface area contributed by atoms with Crippen molar-refractivity contribution >= 4 is 11.6 Å². The summed E-state index contributed by atoms with van der Waals surface area (Å²) < 4.78 is 13.1. The first-order valence-electron chi connectivity index (χ1n) is 11.2. The molecule has 1 saturated heterocycles. The quantitative estimate of drug-likeness (QED) is 0.759. The number of likely N-dealkylation sites (tertiary alicyclic amines) is 1. The normalized spacial score (nSPS) is 17.2. The van der Waals surface area contributed by atoms with Gasteiger partial charge in [0.05, 0.1) is 6.42 Å². The molecule has 1 N–H and O–H groups in total. The van der Waals surface area contributed by atoms with E-state index in [0.717, 1.165) is 44.6 Å². The number of halogens is 1. The molecule has 4 rings (SSSR count). The molecule has 0 bridgehead atoms. The molecule has 0 aliphatic carbocycles. The zero-order chi connectivity index (χ0) is 20.9. The molecule has 0 spiro atoms. The molecular weight excluding hydrogens is 377 g/mol. The average molecular weight is 410 g/mol. The average Bonchev–Trinajstić information content (AvgIpc) is 3.17. The first-order chi connectivity index (χ1) is 14.6. The number of piperidine rings is 1. The number of rotatable bonds is 7. The highest BCUT2D eigenvalue weighted by molar-refractivity contribution is 5.79. The smallest absolute Gasteiger partial charge is 0.224 e. The fourth-order valence-corrected chi connectivity index (χ4v) is 4.78. The van der Waals surface area contributed by atoms with Crippen molar-refractivity contribution in [2.45, 2.75) is 45.1 Å². The van der Waals surface area contributed by atoms with Crippen LogP contribution in [0.25, 0.3) is 0 Å². The number of amides is 1. The Bertz CT molecular complexity index is 859. The van der Waals surface area contributed by atoms with Gasteiger partial charge < -0.3 is 15.1 Å². The summed E-state index contributed by atoms with van der Waals surface area (Å²) in [5, 5.41) is 2.89. The van der Waals surface area contributed by atoms with Crippen LogP contribution in [0.4, 0.5) is 10.1 Å². The zero-order valence-electron chi connectivity index (χ0n) is 17.9. The van der Waals surface area contributed by atoms with E-state index in [0.29, 0.717) is 19.0 Å². The predicted molar refractivity (Wildman–Crippen MR) is 119 cm³/mol. The molecule has 2 heterocycles. The van der Waals surface area contributed by atoms with Crippen molar-refractivity contribution in [1.82, 2.24) is 10.2 Å². The molecule has 0 saturated carbocycles. The minimum atomic E-state index is -0.167. The number of hydrogen-bond acceptors (Lipinski definition) is 3. The van der Waals surface area contributed by atoms with Crippen molar-refractivity contribution in [3.05, 3.63) is 65.0 Å². The van der Waals surface area contributed by atoms with Gasteiger partial charge in [0.15, 0.2) is 0 Å². The van der Waals surface area contributed by atoms with E-state index in [9.17, 15) is 9.18 Å². The van der Waals surface area contributed by atoms with E-state index in [1.165, 1.54) is 29.7 Å². The third-order valence-electron chi connectivity index (χ3n) is 6.45. The lowest BCUT2D eigenvalue weighted by molar-refractivity contribution is -0.120. The van der Waals surface area contributed by atoms with Gasteiger partial charge in [-0.1, -0.05) is 24.3 Å². The second kappa shape index (κ2) is 9.61. The third-order valence-corrected chi connectivity index (χ3v) is 6.45.